The maximum Gasteiger partial charge on any atom is 0.332 e. The summed E-state index contributed by atoms with van der Waals surface area (Å²) >= 11 is 0. The Kier molecular flexibility index (Phi) is 3.92. The average Bonchev–Trinajstić information content (AvgIpc) is 3.22. The van der Waals surface area contributed by atoms with Crippen LogP contribution in [0.4, 0.5) is 10.5 Å². The number of rotatable bonds is 4. The van der Waals surface area contributed by atoms with E-state index in [1.165, 1.54) is 14.5 Å². The van der Waals surface area contributed by atoms with Gasteiger partial charge in [0.2, 0.25) is 0 Å². The van der Waals surface area contributed by atoms with Gasteiger partial charge < -0.3 is 0 Å². The minimum absolute atomic E-state index is 0.00718. The van der Waals surface area contributed by atoms with Crippen molar-refractivity contribution in [2.24, 2.45) is 0 Å². The van der Waals surface area contributed by atoms with Gasteiger partial charge in [-0.3, -0.25) is 14.6 Å². The number of hydrogen-bond acceptors (Lipinski definition) is 5. The van der Waals surface area contributed by atoms with Crippen LogP contribution in [0.15, 0.2) is 60.7 Å². The molecule has 1 aliphatic rings. The van der Waals surface area contributed by atoms with Crippen molar-refractivity contribution in [2.75, 3.05) is 4.90 Å². The third-order valence-electron chi connectivity index (χ3n) is 4.32. The molecule has 0 saturated carbocycles. The predicted molar refractivity (Wildman–Crippen MR) is 93.5 cm³/mol. The molecule has 2 aromatic carbocycles. The van der Waals surface area contributed by atoms with Crippen LogP contribution in [0.1, 0.15) is 12.7 Å². The van der Waals surface area contributed by atoms with Gasteiger partial charge in [0.05, 0.1) is 12.2 Å². The molecule has 130 valence electrons. The molecular weight excluding hydrogens is 332 g/mol. The molecule has 4 rings (SSSR count). The van der Waals surface area contributed by atoms with Gasteiger partial charge in [-0.2, -0.15) is 4.68 Å². The lowest BCUT2D eigenvalue weighted by atomic mass is 10.2. The van der Waals surface area contributed by atoms with Crippen LogP contribution >= 0.6 is 0 Å². The smallest absolute Gasteiger partial charge is 0.282 e. The Morgan fingerprint density at radius 1 is 0.923 bits per heavy atom. The number of aromatic nitrogens is 4. The van der Waals surface area contributed by atoms with E-state index in [0.29, 0.717) is 11.5 Å². The maximum atomic E-state index is 12.9. The number of imide groups is 1. The minimum atomic E-state index is -0.578. The minimum Gasteiger partial charge on any atom is -0.282 e. The number of amides is 3. The van der Waals surface area contributed by atoms with E-state index < -0.39 is 6.04 Å². The Morgan fingerprint density at radius 2 is 1.54 bits per heavy atom. The standard InChI is InChI=1S/C18H16N6O2/c1-13-17(25)22(18(26)23(13)14-8-4-2-5-9-14)12-16-19-20-21-24(16)15-10-6-3-7-11-15/h2-11,13H,12H2,1H3/t13-/m1/s1. The van der Waals surface area contributed by atoms with Gasteiger partial charge in [0.25, 0.3) is 5.91 Å². The summed E-state index contributed by atoms with van der Waals surface area (Å²) in [6.45, 7) is 1.72. The lowest BCUT2D eigenvalue weighted by Gasteiger charge is -2.19. The van der Waals surface area contributed by atoms with Gasteiger partial charge >= 0.3 is 6.03 Å². The molecule has 0 unspecified atom stereocenters. The monoisotopic (exact) mass is 348 g/mol. The van der Waals surface area contributed by atoms with E-state index in [1.807, 2.05) is 48.5 Å². The first-order valence-corrected chi connectivity index (χ1v) is 8.19. The maximum absolute atomic E-state index is 12.9. The molecule has 3 amide bonds. The summed E-state index contributed by atoms with van der Waals surface area (Å²) in [5, 5.41) is 11.6. The lowest BCUT2D eigenvalue weighted by Crippen LogP contribution is -2.34. The van der Waals surface area contributed by atoms with Crippen molar-refractivity contribution in [3.8, 4) is 5.69 Å². The normalized spacial score (nSPS) is 17.2. The van der Waals surface area contributed by atoms with Crippen LogP contribution < -0.4 is 4.90 Å². The van der Waals surface area contributed by atoms with Crippen molar-refractivity contribution in [1.29, 1.82) is 0 Å². The van der Waals surface area contributed by atoms with Crippen molar-refractivity contribution in [1.82, 2.24) is 25.1 Å². The van der Waals surface area contributed by atoms with E-state index in [9.17, 15) is 9.59 Å². The Morgan fingerprint density at radius 3 is 2.19 bits per heavy atom. The molecule has 1 saturated heterocycles. The highest BCUT2D eigenvalue weighted by atomic mass is 16.2. The molecule has 0 radical (unpaired) electrons. The summed E-state index contributed by atoms with van der Waals surface area (Å²) in [5.74, 6) is 0.140. The highest BCUT2D eigenvalue weighted by molar-refractivity contribution is 6.13. The summed E-state index contributed by atoms with van der Waals surface area (Å²) in [5.41, 5.74) is 1.45. The van der Waals surface area contributed by atoms with E-state index in [0.717, 1.165) is 5.69 Å². The molecule has 0 bridgehead atoms. The molecule has 8 nitrogen and oxygen atoms in total. The molecule has 2 heterocycles. The van der Waals surface area contributed by atoms with Gasteiger partial charge in [0.15, 0.2) is 5.82 Å². The Balaban J connectivity index is 1.63. The first kappa shape index (κ1) is 15.9. The number of tetrazole rings is 1. The van der Waals surface area contributed by atoms with E-state index in [-0.39, 0.29) is 18.5 Å². The molecule has 1 fully saturated rings. The summed E-state index contributed by atoms with van der Waals surface area (Å²) in [6, 6.07) is 17.5. The van der Waals surface area contributed by atoms with E-state index in [2.05, 4.69) is 15.5 Å². The Bertz CT molecular complexity index is 941. The lowest BCUT2D eigenvalue weighted by molar-refractivity contribution is -0.127. The highest BCUT2D eigenvalue weighted by Gasteiger charge is 2.43. The van der Waals surface area contributed by atoms with Crippen LogP contribution in [0.5, 0.6) is 0 Å². The molecule has 0 N–H and O–H groups in total. The molecule has 1 aliphatic heterocycles. The highest BCUT2D eigenvalue weighted by Crippen LogP contribution is 2.26. The predicted octanol–water partition coefficient (Wildman–Crippen LogP) is 2.02. The summed E-state index contributed by atoms with van der Waals surface area (Å²) in [4.78, 5) is 28.2. The van der Waals surface area contributed by atoms with Gasteiger partial charge in [-0.05, 0) is 41.6 Å². The number of hydrogen-bond donors (Lipinski definition) is 0. The molecule has 1 aromatic heterocycles. The number of urea groups is 1. The zero-order valence-corrected chi connectivity index (χ0v) is 14.1. The zero-order chi connectivity index (χ0) is 18.1. The zero-order valence-electron chi connectivity index (χ0n) is 14.1. The molecule has 0 spiro atoms. The second kappa shape index (κ2) is 6.40. The van der Waals surface area contributed by atoms with Crippen molar-refractivity contribution < 1.29 is 9.59 Å². The van der Waals surface area contributed by atoms with Crippen molar-refractivity contribution in [2.45, 2.75) is 19.5 Å². The van der Waals surface area contributed by atoms with Crippen LogP contribution in [0.2, 0.25) is 0 Å². The number of nitrogens with zero attached hydrogens (tertiary/aromatic N) is 6. The van der Waals surface area contributed by atoms with Gasteiger partial charge in [0.1, 0.15) is 6.04 Å². The fraction of sp³-hybridized carbons (Fsp3) is 0.167. The van der Waals surface area contributed by atoms with Crippen molar-refractivity contribution in [3.63, 3.8) is 0 Å². The number of para-hydroxylation sites is 2. The number of carbonyl (C=O) groups is 2. The van der Waals surface area contributed by atoms with Gasteiger partial charge in [-0.25, -0.2) is 4.79 Å². The van der Waals surface area contributed by atoms with Crippen molar-refractivity contribution >= 4 is 17.6 Å². The van der Waals surface area contributed by atoms with Gasteiger partial charge in [-0.15, -0.1) is 5.10 Å². The van der Waals surface area contributed by atoms with Crippen LogP contribution in [0.25, 0.3) is 5.69 Å². The van der Waals surface area contributed by atoms with Gasteiger partial charge in [-0.1, -0.05) is 36.4 Å². The van der Waals surface area contributed by atoms with E-state index in [1.54, 1.807) is 19.1 Å². The summed E-state index contributed by atoms with van der Waals surface area (Å²) in [7, 11) is 0. The Hall–Kier alpha value is -3.55. The van der Waals surface area contributed by atoms with Crippen LogP contribution in [-0.2, 0) is 11.3 Å². The first-order valence-electron chi connectivity index (χ1n) is 8.19. The summed E-state index contributed by atoms with van der Waals surface area (Å²) in [6.07, 6.45) is 0. The first-order chi connectivity index (χ1) is 12.7. The molecular formula is C18H16N6O2. The third kappa shape index (κ3) is 2.61. The Labute approximate surface area is 149 Å². The second-order valence-corrected chi connectivity index (χ2v) is 5.93. The third-order valence-corrected chi connectivity index (χ3v) is 4.32. The topological polar surface area (TPSA) is 84.2 Å². The molecule has 1 atom stereocenters. The second-order valence-electron chi connectivity index (χ2n) is 5.93. The molecule has 8 heteroatoms. The quantitative estimate of drug-likeness (QED) is 0.674. The SMILES string of the molecule is C[C@@H]1C(=O)N(Cc2nnnn2-c2ccccc2)C(=O)N1c1ccccc1. The van der Waals surface area contributed by atoms with Crippen LogP contribution in [0, 0.1) is 0 Å². The van der Waals surface area contributed by atoms with E-state index in [4.69, 9.17) is 0 Å². The fourth-order valence-electron chi connectivity index (χ4n) is 3.01. The number of carbonyl (C=O) groups excluding carboxylic acids is 2. The average molecular weight is 348 g/mol. The van der Waals surface area contributed by atoms with Crippen LogP contribution in [0.3, 0.4) is 0 Å². The number of benzene rings is 2. The van der Waals surface area contributed by atoms with Crippen molar-refractivity contribution in [3.05, 3.63) is 66.5 Å². The summed E-state index contributed by atoms with van der Waals surface area (Å²) < 4.78 is 1.52. The largest absolute Gasteiger partial charge is 0.332 e. The molecule has 0 aliphatic carbocycles. The number of anilines is 1. The molecule has 26 heavy (non-hydrogen) atoms. The van der Waals surface area contributed by atoms with Gasteiger partial charge in [0, 0.05) is 5.69 Å². The van der Waals surface area contributed by atoms with Crippen LogP contribution in [-0.4, -0.2) is 43.1 Å². The fourth-order valence-corrected chi connectivity index (χ4v) is 3.01. The van der Waals surface area contributed by atoms with E-state index >= 15 is 0 Å². The molecule has 3 aromatic rings.